The fourth-order valence-corrected chi connectivity index (χ4v) is 5.20. The van der Waals surface area contributed by atoms with E-state index in [1.807, 2.05) is 6.92 Å². The SMILES string of the molecule is Cc1sc(NC(=O)[C@@H]2C[C@H]2c2ccc(C(C)(C)C)cc2)c(C(N)=O)c1-c1ccc(F)cc1. The number of thiophene rings is 1. The lowest BCUT2D eigenvalue weighted by molar-refractivity contribution is -0.117. The number of nitrogens with one attached hydrogen (secondary N) is 1. The second-order valence-electron chi connectivity index (χ2n) is 9.42. The molecule has 0 unspecified atom stereocenters. The van der Waals surface area contributed by atoms with Gasteiger partial charge in [-0.15, -0.1) is 11.3 Å². The molecule has 0 aliphatic heterocycles. The zero-order chi connectivity index (χ0) is 23.2. The number of benzene rings is 2. The Hall–Kier alpha value is -2.99. The number of nitrogens with two attached hydrogens (primary N) is 1. The maximum Gasteiger partial charge on any atom is 0.252 e. The van der Waals surface area contributed by atoms with E-state index in [2.05, 4.69) is 50.4 Å². The minimum absolute atomic E-state index is 0.0866. The second kappa shape index (κ2) is 8.17. The smallest absolute Gasteiger partial charge is 0.252 e. The van der Waals surface area contributed by atoms with Crippen LogP contribution in [0.25, 0.3) is 11.1 Å². The molecule has 2 atom stereocenters. The van der Waals surface area contributed by atoms with Crippen molar-refractivity contribution >= 4 is 28.2 Å². The number of carbonyl (C=O) groups is 2. The minimum Gasteiger partial charge on any atom is -0.365 e. The van der Waals surface area contributed by atoms with Crippen molar-refractivity contribution in [2.45, 2.75) is 45.4 Å². The predicted molar refractivity (Wildman–Crippen MR) is 128 cm³/mol. The summed E-state index contributed by atoms with van der Waals surface area (Å²) in [6, 6.07) is 14.4. The molecule has 32 heavy (non-hydrogen) atoms. The van der Waals surface area contributed by atoms with Crippen LogP contribution in [0.1, 0.15) is 59.5 Å². The molecular weight excluding hydrogens is 423 g/mol. The zero-order valence-corrected chi connectivity index (χ0v) is 19.5. The molecule has 4 rings (SSSR count). The largest absolute Gasteiger partial charge is 0.365 e. The van der Waals surface area contributed by atoms with E-state index in [1.54, 1.807) is 12.1 Å². The van der Waals surface area contributed by atoms with Crippen molar-refractivity contribution < 1.29 is 14.0 Å². The molecule has 1 heterocycles. The first-order valence-electron chi connectivity index (χ1n) is 10.7. The first-order chi connectivity index (χ1) is 15.1. The van der Waals surface area contributed by atoms with E-state index < -0.39 is 5.91 Å². The number of anilines is 1. The molecule has 6 heteroatoms. The Kier molecular flexibility index (Phi) is 5.67. The van der Waals surface area contributed by atoms with Crippen LogP contribution in [-0.4, -0.2) is 11.8 Å². The summed E-state index contributed by atoms with van der Waals surface area (Å²) in [5, 5.41) is 3.39. The number of aryl methyl sites for hydroxylation is 1. The standard InChI is InChI=1S/C26H27FN2O2S/c1-14-21(16-7-11-18(27)12-8-16)22(23(28)30)25(32-14)29-24(31)20-13-19(20)15-5-9-17(10-6-15)26(2,3)4/h5-12,19-20H,13H2,1-4H3,(H2,28,30)(H,29,31)/t19-,20+/m0/s1. The summed E-state index contributed by atoms with van der Waals surface area (Å²) in [4.78, 5) is 26.1. The van der Waals surface area contributed by atoms with Crippen LogP contribution >= 0.6 is 11.3 Å². The van der Waals surface area contributed by atoms with Gasteiger partial charge in [0.2, 0.25) is 5.91 Å². The highest BCUT2D eigenvalue weighted by molar-refractivity contribution is 7.17. The first-order valence-corrected chi connectivity index (χ1v) is 11.5. The van der Waals surface area contributed by atoms with Crippen LogP contribution in [0.3, 0.4) is 0 Å². The molecule has 0 spiro atoms. The predicted octanol–water partition coefficient (Wildman–Crippen LogP) is 6.00. The van der Waals surface area contributed by atoms with Gasteiger partial charge in [-0.3, -0.25) is 9.59 Å². The highest BCUT2D eigenvalue weighted by atomic mass is 32.1. The molecule has 0 saturated heterocycles. The number of hydrogen-bond donors (Lipinski definition) is 2. The molecule has 0 radical (unpaired) electrons. The van der Waals surface area contributed by atoms with Gasteiger partial charge < -0.3 is 11.1 Å². The van der Waals surface area contributed by atoms with Gasteiger partial charge in [-0.05, 0) is 53.5 Å². The fourth-order valence-electron chi connectivity index (χ4n) is 4.12. The summed E-state index contributed by atoms with van der Waals surface area (Å²) in [6.07, 6.45) is 0.780. The first kappa shape index (κ1) is 22.2. The molecule has 3 aromatic rings. The Labute approximate surface area is 191 Å². The molecule has 2 amide bonds. The van der Waals surface area contributed by atoms with E-state index in [1.165, 1.54) is 29.0 Å². The quantitative estimate of drug-likeness (QED) is 0.500. The average molecular weight is 451 g/mol. The van der Waals surface area contributed by atoms with Crippen LogP contribution in [-0.2, 0) is 10.2 Å². The van der Waals surface area contributed by atoms with E-state index in [4.69, 9.17) is 5.73 Å². The molecule has 3 N–H and O–H groups in total. The Bertz CT molecular complexity index is 1170. The fraction of sp³-hybridized carbons (Fsp3) is 0.308. The number of hydrogen-bond acceptors (Lipinski definition) is 3. The summed E-state index contributed by atoms with van der Waals surface area (Å²) in [5.41, 5.74) is 9.79. The van der Waals surface area contributed by atoms with Crippen molar-refractivity contribution in [3.8, 4) is 11.1 Å². The normalized spacial score (nSPS) is 17.8. The monoisotopic (exact) mass is 450 g/mol. The molecule has 2 aromatic carbocycles. The van der Waals surface area contributed by atoms with E-state index in [-0.39, 0.29) is 34.5 Å². The maximum atomic E-state index is 13.3. The number of primary amides is 1. The van der Waals surface area contributed by atoms with Gasteiger partial charge >= 0.3 is 0 Å². The van der Waals surface area contributed by atoms with Crippen molar-refractivity contribution in [1.29, 1.82) is 0 Å². The number of rotatable bonds is 5. The Morgan fingerprint density at radius 1 is 1.06 bits per heavy atom. The van der Waals surface area contributed by atoms with Gasteiger partial charge in [0, 0.05) is 16.4 Å². The van der Waals surface area contributed by atoms with Gasteiger partial charge in [0.15, 0.2) is 0 Å². The Morgan fingerprint density at radius 3 is 2.25 bits per heavy atom. The molecule has 0 bridgehead atoms. The molecule has 1 fully saturated rings. The van der Waals surface area contributed by atoms with Crippen LogP contribution in [0.5, 0.6) is 0 Å². The number of halogens is 1. The minimum atomic E-state index is -0.617. The topological polar surface area (TPSA) is 72.2 Å². The summed E-state index contributed by atoms with van der Waals surface area (Å²) in [5.74, 6) is -1.03. The molecule has 1 aromatic heterocycles. The molecule has 1 aliphatic rings. The lowest BCUT2D eigenvalue weighted by Gasteiger charge is -2.19. The van der Waals surface area contributed by atoms with Gasteiger partial charge in [-0.25, -0.2) is 4.39 Å². The van der Waals surface area contributed by atoms with Gasteiger partial charge in [-0.2, -0.15) is 0 Å². The summed E-state index contributed by atoms with van der Waals surface area (Å²) in [7, 11) is 0. The third-order valence-corrected chi connectivity index (χ3v) is 7.05. The summed E-state index contributed by atoms with van der Waals surface area (Å²) >= 11 is 1.32. The van der Waals surface area contributed by atoms with Gasteiger partial charge in [0.25, 0.3) is 5.91 Å². The Morgan fingerprint density at radius 2 is 1.69 bits per heavy atom. The van der Waals surface area contributed by atoms with Gasteiger partial charge in [0.05, 0.1) is 5.56 Å². The molecule has 4 nitrogen and oxygen atoms in total. The highest BCUT2D eigenvalue weighted by Crippen LogP contribution is 2.49. The van der Waals surface area contributed by atoms with Crippen LogP contribution < -0.4 is 11.1 Å². The number of carbonyl (C=O) groups excluding carboxylic acids is 2. The van der Waals surface area contributed by atoms with Crippen molar-refractivity contribution in [2.24, 2.45) is 11.7 Å². The lowest BCUT2D eigenvalue weighted by Crippen LogP contribution is -2.18. The third-order valence-electron chi connectivity index (χ3n) is 6.03. The summed E-state index contributed by atoms with van der Waals surface area (Å²) < 4.78 is 13.3. The van der Waals surface area contributed by atoms with Crippen LogP contribution in [0.2, 0.25) is 0 Å². The maximum absolute atomic E-state index is 13.3. The molecular formula is C26H27FN2O2S. The summed E-state index contributed by atoms with van der Waals surface area (Å²) in [6.45, 7) is 8.39. The van der Waals surface area contributed by atoms with E-state index in [0.29, 0.717) is 16.1 Å². The van der Waals surface area contributed by atoms with Crippen molar-refractivity contribution in [2.75, 3.05) is 5.32 Å². The molecule has 1 saturated carbocycles. The van der Waals surface area contributed by atoms with Crippen LogP contribution in [0.15, 0.2) is 48.5 Å². The van der Waals surface area contributed by atoms with E-state index >= 15 is 0 Å². The third kappa shape index (κ3) is 4.32. The van der Waals surface area contributed by atoms with E-state index in [9.17, 15) is 14.0 Å². The molecule has 1 aliphatic carbocycles. The van der Waals surface area contributed by atoms with Crippen LogP contribution in [0, 0.1) is 18.7 Å². The van der Waals surface area contributed by atoms with Crippen molar-refractivity contribution in [1.82, 2.24) is 0 Å². The average Bonchev–Trinajstić information content (AvgIpc) is 3.46. The Balaban J connectivity index is 1.54. The van der Waals surface area contributed by atoms with Crippen molar-refractivity contribution in [3.05, 3.63) is 75.9 Å². The molecule has 166 valence electrons. The lowest BCUT2D eigenvalue weighted by atomic mass is 9.86. The van der Waals surface area contributed by atoms with E-state index in [0.717, 1.165) is 16.9 Å². The van der Waals surface area contributed by atoms with Crippen LogP contribution in [0.4, 0.5) is 9.39 Å². The van der Waals surface area contributed by atoms with Gasteiger partial charge in [0.1, 0.15) is 10.8 Å². The van der Waals surface area contributed by atoms with Gasteiger partial charge in [-0.1, -0.05) is 57.2 Å². The highest BCUT2D eigenvalue weighted by Gasteiger charge is 2.44. The second-order valence-corrected chi connectivity index (χ2v) is 10.6. The number of amides is 2. The van der Waals surface area contributed by atoms with Crippen molar-refractivity contribution in [3.63, 3.8) is 0 Å². The zero-order valence-electron chi connectivity index (χ0n) is 18.7.